The number of halogens is 1. The lowest BCUT2D eigenvalue weighted by molar-refractivity contribution is -0.140. The van der Waals surface area contributed by atoms with Crippen LogP contribution in [0.5, 0.6) is 0 Å². The number of nitrogens with one attached hydrogen (secondary N) is 2. The van der Waals surface area contributed by atoms with Gasteiger partial charge in [-0.05, 0) is 40.2 Å². The molecule has 3 N–H and O–H groups in total. The molecule has 0 spiro atoms. The van der Waals surface area contributed by atoms with E-state index in [0.717, 1.165) is 4.47 Å². The minimum Gasteiger partial charge on any atom is -0.480 e. The number of amides is 2. The first-order chi connectivity index (χ1) is 10.0. The van der Waals surface area contributed by atoms with Crippen molar-refractivity contribution in [2.45, 2.75) is 12.5 Å². The predicted octanol–water partition coefficient (Wildman–Crippen LogP) is 1.11. The van der Waals surface area contributed by atoms with E-state index in [0.29, 0.717) is 18.0 Å². The molecule has 1 rings (SSSR count). The van der Waals surface area contributed by atoms with E-state index in [9.17, 15) is 14.4 Å². The summed E-state index contributed by atoms with van der Waals surface area (Å²) in [6, 6.07) is 2.51. The topological polar surface area (TPSA) is 108 Å². The van der Waals surface area contributed by atoms with Gasteiger partial charge < -0.3 is 15.7 Å². The summed E-state index contributed by atoms with van der Waals surface area (Å²) in [6.45, 7) is 0. The lowest BCUT2D eigenvalue weighted by atomic mass is 10.2. The molecule has 1 heterocycles. The third-order valence-corrected chi connectivity index (χ3v) is 3.81. The van der Waals surface area contributed by atoms with Gasteiger partial charge in [0, 0.05) is 10.7 Å². The summed E-state index contributed by atoms with van der Waals surface area (Å²) in [7, 11) is 0. The zero-order chi connectivity index (χ0) is 15.7. The Morgan fingerprint density at radius 1 is 1.48 bits per heavy atom. The van der Waals surface area contributed by atoms with Crippen LogP contribution in [-0.2, 0) is 14.4 Å². The number of carbonyl (C=O) groups excluding carboxylic acids is 2. The quantitative estimate of drug-likeness (QED) is 0.440. The Labute approximate surface area is 134 Å². The molecule has 1 aromatic rings. The van der Waals surface area contributed by atoms with E-state index in [1.54, 1.807) is 18.3 Å². The van der Waals surface area contributed by atoms with Crippen LogP contribution in [0, 0.1) is 0 Å². The first kappa shape index (κ1) is 17.4. The summed E-state index contributed by atoms with van der Waals surface area (Å²) >= 11 is 4.53. The first-order valence-corrected chi connectivity index (χ1v) is 7.89. The van der Waals surface area contributed by atoms with Gasteiger partial charge >= 0.3 is 5.97 Å². The number of aliphatic carboxylic acids is 1. The Balaban J connectivity index is 2.25. The van der Waals surface area contributed by atoms with E-state index in [4.69, 9.17) is 5.11 Å². The maximum atomic E-state index is 11.6. The molecule has 0 aromatic carbocycles. The van der Waals surface area contributed by atoms with Crippen molar-refractivity contribution >= 4 is 51.8 Å². The fourth-order valence-corrected chi connectivity index (χ4v) is 2.39. The number of aromatic nitrogens is 1. The van der Waals surface area contributed by atoms with Crippen LogP contribution in [0.3, 0.4) is 0 Å². The molecular weight excluding hydrogens is 362 g/mol. The number of carboxylic acids is 1. The SMILES string of the molecule is O=CNC(CCSCC(=O)Nc1ccc(Br)cn1)C(=O)O. The summed E-state index contributed by atoms with van der Waals surface area (Å²) < 4.78 is 0.817. The third kappa shape index (κ3) is 7.09. The van der Waals surface area contributed by atoms with Crippen molar-refractivity contribution in [3.8, 4) is 0 Å². The Kier molecular flexibility index (Phi) is 7.76. The predicted molar refractivity (Wildman–Crippen MR) is 83.1 cm³/mol. The van der Waals surface area contributed by atoms with Crippen LogP contribution in [0.25, 0.3) is 0 Å². The van der Waals surface area contributed by atoms with Gasteiger partial charge in [0.05, 0.1) is 5.75 Å². The van der Waals surface area contributed by atoms with Gasteiger partial charge in [-0.25, -0.2) is 9.78 Å². The van der Waals surface area contributed by atoms with Crippen LogP contribution in [0.1, 0.15) is 6.42 Å². The maximum absolute atomic E-state index is 11.6. The molecule has 9 heteroatoms. The molecule has 2 amide bonds. The van der Waals surface area contributed by atoms with Gasteiger partial charge in [-0.1, -0.05) is 0 Å². The molecule has 1 atom stereocenters. The molecule has 0 aliphatic rings. The van der Waals surface area contributed by atoms with E-state index >= 15 is 0 Å². The second-order valence-electron chi connectivity index (χ2n) is 3.93. The van der Waals surface area contributed by atoms with Crippen molar-refractivity contribution in [3.05, 3.63) is 22.8 Å². The monoisotopic (exact) mass is 375 g/mol. The van der Waals surface area contributed by atoms with Crippen LogP contribution in [-0.4, -0.2) is 45.9 Å². The number of rotatable bonds is 9. The molecule has 114 valence electrons. The fraction of sp³-hybridized carbons (Fsp3) is 0.333. The molecule has 0 aliphatic carbocycles. The number of hydrogen-bond donors (Lipinski definition) is 3. The van der Waals surface area contributed by atoms with Gasteiger partial charge in [-0.15, -0.1) is 0 Å². The normalized spacial score (nSPS) is 11.5. The zero-order valence-electron chi connectivity index (χ0n) is 10.9. The van der Waals surface area contributed by atoms with Gasteiger partial charge in [-0.2, -0.15) is 11.8 Å². The van der Waals surface area contributed by atoms with Gasteiger partial charge in [0.15, 0.2) is 0 Å². The highest BCUT2D eigenvalue weighted by atomic mass is 79.9. The molecular formula is C12H14BrN3O4S. The third-order valence-electron chi connectivity index (χ3n) is 2.35. The minimum atomic E-state index is -1.09. The first-order valence-electron chi connectivity index (χ1n) is 5.94. The molecule has 0 fully saturated rings. The number of thioether (sulfide) groups is 1. The summed E-state index contributed by atoms with van der Waals surface area (Å²) in [5.41, 5.74) is 0. The molecule has 0 saturated heterocycles. The van der Waals surface area contributed by atoms with Crippen LogP contribution < -0.4 is 10.6 Å². The lowest BCUT2D eigenvalue weighted by Crippen LogP contribution is -2.36. The molecule has 0 aliphatic heterocycles. The second kappa shape index (κ2) is 9.35. The molecule has 7 nitrogen and oxygen atoms in total. The summed E-state index contributed by atoms with van der Waals surface area (Å²) in [5.74, 6) is -0.226. The summed E-state index contributed by atoms with van der Waals surface area (Å²) in [4.78, 5) is 36.6. The van der Waals surface area contributed by atoms with E-state index in [2.05, 4.69) is 31.5 Å². The number of carbonyl (C=O) groups is 3. The molecule has 0 saturated carbocycles. The molecule has 1 unspecified atom stereocenters. The smallest absolute Gasteiger partial charge is 0.326 e. The van der Waals surface area contributed by atoms with Crippen molar-refractivity contribution in [2.24, 2.45) is 0 Å². The molecule has 21 heavy (non-hydrogen) atoms. The van der Waals surface area contributed by atoms with Crippen molar-refractivity contribution in [1.82, 2.24) is 10.3 Å². The van der Waals surface area contributed by atoms with Gasteiger partial charge in [-0.3, -0.25) is 9.59 Å². The average Bonchev–Trinajstić information content (AvgIpc) is 2.44. The fourth-order valence-electron chi connectivity index (χ4n) is 1.35. The highest BCUT2D eigenvalue weighted by molar-refractivity contribution is 9.10. The number of pyridine rings is 1. The van der Waals surface area contributed by atoms with E-state index < -0.39 is 12.0 Å². The maximum Gasteiger partial charge on any atom is 0.326 e. The number of hydrogen-bond acceptors (Lipinski definition) is 5. The Bertz CT molecular complexity index is 498. The number of anilines is 1. The Morgan fingerprint density at radius 3 is 2.81 bits per heavy atom. The lowest BCUT2D eigenvalue weighted by Gasteiger charge is -2.10. The Hall–Kier alpha value is -1.61. The summed E-state index contributed by atoms with van der Waals surface area (Å²) in [6.07, 6.45) is 2.18. The van der Waals surface area contributed by atoms with Crippen LogP contribution in [0.4, 0.5) is 5.82 Å². The van der Waals surface area contributed by atoms with Crippen LogP contribution >= 0.6 is 27.7 Å². The largest absolute Gasteiger partial charge is 0.480 e. The van der Waals surface area contributed by atoms with Gasteiger partial charge in [0.2, 0.25) is 12.3 Å². The van der Waals surface area contributed by atoms with Crippen molar-refractivity contribution < 1.29 is 19.5 Å². The van der Waals surface area contributed by atoms with E-state index in [1.165, 1.54) is 11.8 Å². The zero-order valence-corrected chi connectivity index (χ0v) is 13.3. The standard InChI is InChI=1S/C12H14BrN3O4S/c13-8-1-2-10(14-5-8)16-11(18)6-21-4-3-9(12(19)20)15-7-17/h1-2,5,7,9H,3-4,6H2,(H,15,17)(H,19,20)(H,14,16,18). The summed E-state index contributed by atoms with van der Waals surface area (Å²) in [5, 5.41) is 13.6. The van der Waals surface area contributed by atoms with Crippen LogP contribution in [0.2, 0.25) is 0 Å². The van der Waals surface area contributed by atoms with E-state index in [-0.39, 0.29) is 18.1 Å². The Morgan fingerprint density at radius 2 is 2.24 bits per heavy atom. The highest BCUT2D eigenvalue weighted by Gasteiger charge is 2.15. The van der Waals surface area contributed by atoms with Gasteiger partial charge in [0.25, 0.3) is 0 Å². The number of nitrogens with zero attached hydrogens (tertiary/aromatic N) is 1. The van der Waals surface area contributed by atoms with Crippen molar-refractivity contribution in [2.75, 3.05) is 16.8 Å². The van der Waals surface area contributed by atoms with Crippen molar-refractivity contribution in [1.29, 1.82) is 0 Å². The van der Waals surface area contributed by atoms with Crippen LogP contribution in [0.15, 0.2) is 22.8 Å². The molecule has 0 bridgehead atoms. The molecule has 1 aromatic heterocycles. The van der Waals surface area contributed by atoms with E-state index in [1.807, 2.05) is 0 Å². The highest BCUT2D eigenvalue weighted by Crippen LogP contribution is 2.11. The van der Waals surface area contributed by atoms with Crippen molar-refractivity contribution in [3.63, 3.8) is 0 Å². The minimum absolute atomic E-state index is 0.186. The number of carboxylic acid groups (broad SMARTS) is 1. The second-order valence-corrected chi connectivity index (χ2v) is 5.95. The van der Waals surface area contributed by atoms with Gasteiger partial charge in [0.1, 0.15) is 11.9 Å². The molecule has 0 radical (unpaired) electrons. The average molecular weight is 376 g/mol.